The van der Waals surface area contributed by atoms with Crippen LogP contribution < -0.4 is 4.90 Å². The molecule has 13 rings (SSSR count). The van der Waals surface area contributed by atoms with Crippen molar-refractivity contribution in [3.8, 4) is 22.3 Å². The van der Waals surface area contributed by atoms with Gasteiger partial charge in [0.1, 0.15) is 16.7 Å². The van der Waals surface area contributed by atoms with Crippen LogP contribution in [0.25, 0.3) is 76.9 Å². The predicted octanol–water partition coefficient (Wildman–Crippen LogP) is 16.1. The normalized spacial score (nSPS) is 13.0. The van der Waals surface area contributed by atoms with E-state index in [-0.39, 0.29) is 0 Å². The number of nitrogens with zero attached hydrogens (tertiary/aromatic N) is 1. The number of rotatable bonds is 6. The van der Waals surface area contributed by atoms with Gasteiger partial charge in [0.2, 0.25) is 0 Å². The highest BCUT2D eigenvalue weighted by atomic mass is 16.3. The van der Waals surface area contributed by atoms with E-state index in [0.29, 0.717) is 0 Å². The maximum atomic E-state index is 6.98. The zero-order valence-corrected chi connectivity index (χ0v) is 33.6. The van der Waals surface area contributed by atoms with Crippen molar-refractivity contribution in [2.24, 2.45) is 0 Å². The van der Waals surface area contributed by atoms with E-state index >= 15 is 0 Å². The molecular formula is C59H37NO2. The van der Waals surface area contributed by atoms with Gasteiger partial charge in [-0.05, 0) is 98.4 Å². The Labute approximate surface area is 358 Å². The average Bonchev–Trinajstić information content (AvgIpc) is 4.01. The highest BCUT2D eigenvalue weighted by Crippen LogP contribution is 2.57. The predicted molar refractivity (Wildman–Crippen MR) is 256 cm³/mol. The second-order valence-corrected chi connectivity index (χ2v) is 16.4. The lowest BCUT2D eigenvalue weighted by atomic mass is 9.67. The average molecular weight is 792 g/mol. The molecule has 3 heteroatoms. The van der Waals surface area contributed by atoms with E-state index in [1.54, 1.807) is 0 Å². The van der Waals surface area contributed by atoms with E-state index < -0.39 is 5.41 Å². The third-order valence-corrected chi connectivity index (χ3v) is 13.1. The molecular weight excluding hydrogens is 755 g/mol. The molecule has 1 aliphatic rings. The number of anilines is 3. The Bertz CT molecular complexity index is 3670. The highest BCUT2D eigenvalue weighted by molar-refractivity contribution is 6.17. The minimum absolute atomic E-state index is 0.447. The van der Waals surface area contributed by atoms with Crippen LogP contribution in [0, 0.1) is 0 Å². The van der Waals surface area contributed by atoms with E-state index in [1.165, 1.54) is 33.4 Å². The van der Waals surface area contributed by atoms with Gasteiger partial charge >= 0.3 is 0 Å². The Morgan fingerprint density at radius 3 is 1.82 bits per heavy atom. The number of hydrogen-bond acceptors (Lipinski definition) is 3. The minimum Gasteiger partial charge on any atom is -0.456 e. The maximum Gasteiger partial charge on any atom is 0.159 e. The number of hydrogen-bond donors (Lipinski definition) is 0. The molecule has 0 radical (unpaired) electrons. The van der Waals surface area contributed by atoms with Crippen LogP contribution in [0.2, 0.25) is 0 Å². The molecule has 2 heterocycles. The maximum absolute atomic E-state index is 6.98. The van der Waals surface area contributed by atoms with Crippen molar-refractivity contribution >= 4 is 71.7 Å². The van der Waals surface area contributed by atoms with Gasteiger partial charge in [-0.1, -0.05) is 170 Å². The SMILES string of the molecule is c1ccc(C2(c3ccccc3)c3ccccc3-c3cc(-c4cccc(N(c5ccc6c(c5)oc5ccccc56)c5cccc6c5oc5c7ccccc7ccc65)c4)ccc32)cc1. The van der Waals surface area contributed by atoms with Crippen LogP contribution in [0.4, 0.5) is 17.1 Å². The van der Waals surface area contributed by atoms with E-state index in [1.807, 2.05) is 12.1 Å². The summed E-state index contributed by atoms with van der Waals surface area (Å²) in [6, 6.07) is 81.0. The lowest BCUT2D eigenvalue weighted by Crippen LogP contribution is -2.28. The van der Waals surface area contributed by atoms with Gasteiger partial charge in [-0.2, -0.15) is 0 Å². The number of benzene rings is 10. The molecule has 2 aromatic heterocycles. The molecule has 0 saturated carbocycles. The van der Waals surface area contributed by atoms with Crippen LogP contribution >= 0.6 is 0 Å². The zero-order chi connectivity index (χ0) is 40.8. The first-order valence-electron chi connectivity index (χ1n) is 21.2. The fourth-order valence-corrected chi connectivity index (χ4v) is 10.4. The summed E-state index contributed by atoms with van der Waals surface area (Å²) in [4.78, 5) is 2.32. The molecule has 0 unspecified atom stereocenters. The summed E-state index contributed by atoms with van der Waals surface area (Å²) in [6.07, 6.45) is 0. The van der Waals surface area contributed by atoms with E-state index in [4.69, 9.17) is 8.83 Å². The standard InChI is InChI=1S/C59H37NO2/c1-3-17-41(18-4-1)59(42-19-5-2-6-20-42)52-26-11-9-23-46(52)51-36-40(30-34-53(51)59)39-16-13-21-43(35-39)60(44-31-33-48-47-24-10-12-28-55(47)61-56(48)37-44)54-27-14-25-49-50-32-29-38-15-7-8-22-45(38)57(50)62-58(49)54/h1-37H. The molecule has 0 spiro atoms. The van der Waals surface area contributed by atoms with E-state index in [0.717, 1.165) is 82.8 Å². The van der Waals surface area contributed by atoms with Crippen molar-refractivity contribution in [1.29, 1.82) is 0 Å². The van der Waals surface area contributed by atoms with Crippen molar-refractivity contribution in [2.45, 2.75) is 5.41 Å². The first kappa shape index (κ1) is 34.7. The second kappa shape index (κ2) is 13.4. The number of fused-ring (bicyclic) bond motifs is 11. The fourth-order valence-electron chi connectivity index (χ4n) is 10.4. The first-order valence-corrected chi connectivity index (χ1v) is 21.2. The Hall–Kier alpha value is -8.14. The Kier molecular flexibility index (Phi) is 7.52. The molecule has 290 valence electrons. The summed E-state index contributed by atoms with van der Waals surface area (Å²) in [5.41, 5.74) is 15.8. The summed E-state index contributed by atoms with van der Waals surface area (Å²) < 4.78 is 13.5. The van der Waals surface area contributed by atoms with Crippen LogP contribution in [0.1, 0.15) is 22.3 Å². The van der Waals surface area contributed by atoms with Gasteiger partial charge in [0.05, 0.1) is 16.8 Å². The molecule has 10 aromatic carbocycles. The van der Waals surface area contributed by atoms with Crippen molar-refractivity contribution in [2.75, 3.05) is 4.90 Å². The van der Waals surface area contributed by atoms with Gasteiger partial charge in [-0.3, -0.25) is 0 Å². The Morgan fingerprint density at radius 2 is 0.968 bits per heavy atom. The fraction of sp³-hybridized carbons (Fsp3) is 0.0169. The molecule has 3 nitrogen and oxygen atoms in total. The van der Waals surface area contributed by atoms with Gasteiger partial charge in [0, 0.05) is 38.7 Å². The Morgan fingerprint density at radius 1 is 0.339 bits per heavy atom. The monoisotopic (exact) mass is 791 g/mol. The van der Waals surface area contributed by atoms with Crippen LogP contribution in [-0.4, -0.2) is 0 Å². The Balaban J connectivity index is 1.02. The molecule has 0 aliphatic heterocycles. The first-order chi connectivity index (χ1) is 30.7. The van der Waals surface area contributed by atoms with Gasteiger partial charge < -0.3 is 13.7 Å². The van der Waals surface area contributed by atoms with Crippen LogP contribution in [0.3, 0.4) is 0 Å². The van der Waals surface area contributed by atoms with Crippen molar-refractivity contribution < 1.29 is 8.83 Å². The number of para-hydroxylation sites is 2. The summed E-state index contributed by atoms with van der Waals surface area (Å²) >= 11 is 0. The van der Waals surface area contributed by atoms with Gasteiger partial charge in [-0.25, -0.2) is 0 Å². The third kappa shape index (κ3) is 5.00. The topological polar surface area (TPSA) is 29.5 Å². The molecule has 0 fully saturated rings. The number of furan rings is 2. The largest absolute Gasteiger partial charge is 0.456 e. The molecule has 0 atom stereocenters. The summed E-state index contributed by atoms with van der Waals surface area (Å²) in [6.45, 7) is 0. The van der Waals surface area contributed by atoms with Crippen LogP contribution in [0.5, 0.6) is 0 Å². The van der Waals surface area contributed by atoms with E-state index in [2.05, 4.69) is 217 Å². The van der Waals surface area contributed by atoms with E-state index in [9.17, 15) is 0 Å². The van der Waals surface area contributed by atoms with Gasteiger partial charge in [0.25, 0.3) is 0 Å². The van der Waals surface area contributed by atoms with Gasteiger partial charge in [-0.15, -0.1) is 0 Å². The highest BCUT2D eigenvalue weighted by Gasteiger charge is 2.46. The van der Waals surface area contributed by atoms with Crippen molar-refractivity contribution in [3.05, 3.63) is 247 Å². The summed E-state index contributed by atoms with van der Waals surface area (Å²) in [5.74, 6) is 0. The molecule has 12 aromatic rings. The van der Waals surface area contributed by atoms with Crippen LogP contribution in [-0.2, 0) is 5.41 Å². The molecule has 0 N–H and O–H groups in total. The summed E-state index contributed by atoms with van der Waals surface area (Å²) in [7, 11) is 0. The smallest absolute Gasteiger partial charge is 0.159 e. The minimum atomic E-state index is -0.447. The quantitative estimate of drug-likeness (QED) is 0.168. The lowest BCUT2D eigenvalue weighted by molar-refractivity contribution is 0.668. The molecule has 62 heavy (non-hydrogen) atoms. The lowest BCUT2D eigenvalue weighted by Gasteiger charge is -2.33. The molecule has 0 amide bonds. The second-order valence-electron chi connectivity index (χ2n) is 16.4. The van der Waals surface area contributed by atoms with Gasteiger partial charge in [0.15, 0.2) is 5.58 Å². The molecule has 0 saturated heterocycles. The summed E-state index contributed by atoms with van der Waals surface area (Å²) in [5, 5.41) is 6.63. The van der Waals surface area contributed by atoms with Crippen LogP contribution in [0.15, 0.2) is 233 Å². The third-order valence-electron chi connectivity index (χ3n) is 13.1. The molecule has 1 aliphatic carbocycles. The van der Waals surface area contributed by atoms with Crippen molar-refractivity contribution in [3.63, 3.8) is 0 Å². The molecule has 0 bridgehead atoms. The zero-order valence-electron chi connectivity index (χ0n) is 33.6. The van der Waals surface area contributed by atoms with Crippen molar-refractivity contribution in [1.82, 2.24) is 0 Å².